The van der Waals surface area contributed by atoms with Crippen LogP contribution in [-0.2, 0) is 6.54 Å². The fourth-order valence-corrected chi connectivity index (χ4v) is 4.62. The number of nitrogens with one attached hydrogen (secondary N) is 1. The third-order valence-corrected chi connectivity index (χ3v) is 6.25. The van der Waals surface area contributed by atoms with Crippen LogP contribution >= 0.6 is 0 Å². The van der Waals surface area contributed by atoms with E-state index in [0.29, 0.717) is 5.92 Å². The standard InChI is InChI=1S/C24H29N5/c1-18-13-22(15-24(27-18)21-6-8-25-16-21)29-11-9-28(10-12-29)17-19-4-5-23-20(14-19)3-2-7-26-23/h2-5,7,13-15,21,25H,6,8-12,16-17H2,1H3/t21-/m0/s1. The smallest absolute Gasteiger partial charge is 0.0702 e. The summed E-state index contributed by atoms with van der Waals surface area (Å²) in [6, 6.07) is 15.4. The van der Waals surface area contributed by atoms with Crippen molar-refractivity contribution in [3.8, 4) is 0 Å². The van der Waals surface area contributed by atoms with Crippen LogP contribution in [0.15, 0.2) is 48.7 Å². The Morgan fingerprint density at radius 2 is 1.97 bits per heavy atom. The molecule has 0 bridgehead atoms. The lowest BCUT2D eigenvalue weighted by atomic mass is 10.0. The van der Waals surface area contributed by atoms with Crippen molar-refractivity contribution >= 4 is 16.6 Å². The summed E-state index contributed by atoms with van der Waals surface area (Å²) in [5.41, 5.74) is 6.18. The van der Waals surface area contributed by atoms with Crippen LogP contribution < -0.4 is 10.2 Å². The molecule has 29 heavy (non-hydrogen) atoms. The Bertz CT molecular complexity index is 987. The first-order valence-electron chi connectivity index (χ1n) is 10.7. The second-order valence-electron chi connectivity index (χ2n) is 8.37. The predicted molar refractivity (Wildman–Crippen MR) is 118 cm³/mol. The molecule has 2 aliphatic rings. The minimum Gasteiger partial charge on any atom is -0.369 e. The molecule has 5 rings (SSSR count). The molecule has 0 radical (unpaired) electrons. The average Bonchev–Trinajstić information content (AvgIpc) is 3.29. The summed E-state index contributed by atoms with van der Waals surface area (Å²) >= 11 is 0. The van der Waals surface area contributed by atoms with E-state index in [1.54, 1.807) is 0 Å². The van der Waals surface area contributed by atoms with E-state index in [9.17, 15) is 0 Å². The van der Waals surface area contributed by atoms with Gasteiger partial charge in [-0.3, -0.25) is 14.9 Å². The topological polar surface area (TPSA) is 44.3 Å². The summed E-state index contributed by atoms with van der Waals surface area (Å²) in [5.74, 6) is 0.567. The van der Waals surface area contributed by atoms with Crippen molar-refractivity contribution in [3.05, 3.63) is 65.6 Å². The summed E-state index contributed by atoms with van der Waals surface area (Å²) in [7, 11) is 0. The van der Waals surface area contributed by atoms with Gasteiger partial charge in [-0.2, -0.15) is 0 Å². The molecule has 2 fully saturated rings. The lowest BCUT2D eigenvalue weighted by Crippen LogP contribution is -2.46. The maximum atomic E-state index is 4.82. The highest BCUT2D eigenvalue weighted by molar-refractivity contribution is 5.78. The van der Waals surface area contributed by atoms with E-state index < -0.39 is 0 Å². The summed E-state index contributed by atoms with van der Waals surface area (Å²) in [5, 5.41) is 4.69. The number of anilines is 1. The molecule has 150 valence electrons. The van der Waals surface area contributed by atoms with E-state index in [1.165, 1.54) is 28.8 Å². The number of piperazine rings is 1. The van der Waals surface area contributed by atoms with Crippen LogP contribution in [0.25, 0.3) is 10.9 Å². The van der Waals surface area contributed by atoms with Gasteiger partial charge in [-0.1, -0.05) is 12.1 Å². The molecule has 0 amide bonds. The average molecular weight is 388 g/mol. The molecule has 4 heterocycles. The highest BCUT2D eigenvalue weighted by Gasteiger charge is 2.22. The molecule has 0 saturated carbocycles. The number of hydrogen-bond acceptors (Lipinski definition) is 5. The molecule has 2 aliphatic heterocycles. The SMILES string of the molecule is Cc1cc(N2CCN(Cc3ccc4ncccc4c3)CC2)cc([C@H]2CCNC2)n1. The maximum absolute atomic E-state index is 4.82. The van der Waals surface area contributed by atoms with Crippen LogP contribution in [0.5, 0.6) is 0 Å². The van der Waals surface area contributed by atoms with Gasteiger partial charge < -0.3 is 10.2 Å². The van der Waals surface area contributed by atoms with Crippen LogP contribution in [0.1, 0.15) is 29.3 Å². The number of hydrogen-bond donors (Lipinski definition) is 1. The molecule has 5 nitrogen and oxygen atoms in total. The molecule has 1 N–H and O–H groups in total. The van der Waals surface area contributed by atoms with Crippen LogP contribution in [-0.4, -0.2) is 54.1 Å². The number of benzene rings is 1. The minimum absolute atomic E-state index is 0.567. The van der Waals surface area contributed by atoms with Crippen molar-refractivity contribution < 1.29 is 0 Å². The van der Waals surface area contributed by atoms with Gasteiger partial charge in [-0.05, 0) is 55.8 Å². The zero-order valence-electron chi connectivity index (χ0n) is 17.1. The van der Waals surface area contributed by atoms with Crippen LogP contribution in [0, 0.1) is 6.92 Å². The lowest BCUT2D eigenvalue weighted by Gasteiger charge is -2.36. The highest BCUT2D eigenvalue weighted by atomic mass is 15.3. The first-order chi connectivity index (χ1) is 14.2. The molecule has 3 aromatic rings. The number of rotatable bonds is 4. The fourth-order valence-electron chi connectivity index (χ4n) is 4.62. The molecule has 0 unspecified atom stereocenters. The molecule has 1 atom stereocenters. The monoisotopic (exact) mass is 387 g/mol. The normalized spacial score (nSPS) is 20.4. The van der Waals surface area contributed by atoms with Gasteiger partial charge in [0.15, 0.2) is 0 Å². The van der Waals surface area contributed by atoms with Gasteiger partial charge in [0.05, 0.1) is 5.52 Å². The number of pyridine rings is 2. The van der Waals surface area contributed by atoms with Crippen LogP contribution in [0.2, 0.25) is 0 Å². The Morgan fingerprint density at radius 1 is 1.07 bits per heavy atom. The van der Waals surface area contributed by atoms with Gasteiger partial charge in [0.2, 0.25) is 0 Å². The zero-order chi connectivity index (χ0) is 19.6. The third kappa shape index (κ3) is 4.11. The number of aryl methyl sites for hydroxylation is 1. The van der Waals surface area contributed by atoms with Gasteiger partial charge >= 0.3 is 0 Å². The minimum atomic E-state index is 0.567. The highest BCUT2D eigenvalue weighted by Crippen LogP contribution is 2.26. The predicted octanol–water partition coefficient (Wildman–Crippen LogP) is 3.34. The van der Waals surface area contributed by atoms with E-state index >= 15 is 0 Å². The summed E-state index contributed by atoms with van der Waals surface area (Å²) in [6.45, 7) is 9.62. The maximum Gasteiger partial charge on any atom is 0.0702 e. The van der Waals surface area contributed by atoms with E-state index in [2.05, 4.69) is 63.4 Å². The number of nitrogens with zero attached hydrogens (tertiary/aromatic N) is 4. The first-order valence-corrected chi connectivity index (χ1v) is 10.7. The molecule has 0 aliphatic carbocycles. The molecule has 1 aromatic carbocycles. The quantitative estimate of drug-likeness (QED) is 0.744. The van der Waals surface area contributed by atoms with E-state index in [-0.39, 0.29) is 0 Å². The van der Waals surface area contributed by atoms with Gasteiger partial charge in [0.1, 0.15) is 0 Å². The van der Waals surface area contributed by atoms with E-state index in [1.807, 2.05) is 12.3 Å². The molecule has 2 saturated heterocycles. The van der Waals surface area contributed by atoms with Crippen LogP contribution in [0.4, 0.5) is 5.69 Å². The second-order valence-corrected chi connectivity index (χ2v) is 8.37. The van der Waals surface area contributed by atoms with Crippen molar-refractivity contribution in [2.45, 2.75) is 25.8 Å². The molecular weight excluding hydrogens is 358 g/mol. The van der Waals surface area contributed by atoms with Crippen molar-refractivity contribution in [1.82, 2.24) is 20.2 Å². The zero-order valence-corrected chi connectivity index (χ0v) is 17.1. The summed E-state index contributed by atoms with van der Waals surface area (Å²) in [4.78, 5) is 14.3. The fraction of sp³-hybridized carbons (Fsp3) is 0.417. The van der Waals surface area contributed by atoms with E-state index in [0.717, 1.165) is 57.0 Å². The number of aromatic nitrogens is 2. The Kier molecular flexibility index (Phi) is 5.17. The van der Waals surface area contributed by atoms with Crippen molar-refractivity contribution in [1.29, 1.82) is 0 Å². The Hall–Kier alpha value is -2.50. The number of fused-ring (bicyclic) bond motifs is 1. The molecule has 2 aromatic heterocycles. The van der Waals surface area contributed by atoms with Crippen molar-refractivity contribution in [2.24, 2.45) is 0 Å². The lowest BCUT2D eigenvalue weighted by molar-refractivity contribution is 0.250. The van der Waals surface area contributed by atoms with Gasteiger partial charge in [-0.25, -0.2) is 0 Å². The third-order valence-electron chi connectivity index (χ3n) is 6.25. The van der Waals surface area contributed by atoms with Gasteiger partial charge in [-0.15, -0.1) is 0 Å². The Morgan fingerprint density at radius 3 is 2.79 bits per heavy atom. The Balaban J connectivity index is 1.24. The molecule has 0 spiro atoms. The van der Waals surface area contributed by atoms with E-state index in [4.69, 9.17) is 4.98 Å². The summed E-state index contributed by atoms with van der Waals surface area (Å²) < 4.78 is 0. The van der Waals surface area contributed by atoms with Crippen molar-refractivity contribution in [3.63, 3.8) is 0 Å². The van der Waals surface area contributed by atoms with Gasteiger partial charge in [0, 0.05) is 73.8 Å². The van der Waals surface area contributed by atoms with Crippen LogP contribution in [0.3, 0.4) is 0 Å². The second kappa shape index (κ2) is 8.09. The van der Waals surface area contributed by atoms with Crippen molar-refractivity contribution in [2.75, 3.05) is 44.2 Å². The summed E-state index contributed by atoms with van der Waals surface area (Å²) in [6.07, 6.45) is 3.06. The molecule has 5 heteroatoms. The molecular formula is C24H29N5. The Labute approximate surface area is 172 Å². The first kappa shape index (κ1) is 18.5. The largest absolute Gasteiger partial charge is 0.369 e. The van der Waals surface area contributed by atoms with Gasteiger partial charge in [0.25, 0.3) is 0 Å².